The Balaban J connectivity index is 1.19. The third-order valence-electron chi connectivity index (χ3n) is 6.94. The summed E-state index contributed by atoms with van der Waals surface area (Å²) >= 11 is 0. The smallest absolute Gasteiger partial charge is 0.224 e. The van der Waals surface area contributed by atoms with Crippen LogP contribution < -0.4 is 10.1 Å². The van der Waals surface area contributed by atoms with E-state index in [-0.39, 0.29) is 17.6 Å². The lowest BCUT2D eigenvalue weighted by Crippen LogP contribution is -2.58. The number of para-hydroxylation sites is 1. The molecule has 1 aromatic heterocycles. The number of carbonyl (C=O) groups is 1. The number of benzene rings is 2. The number of rotatable bonds is 7. The molecule has 3 aromatic rings. The van der Waals surface area contributed by atoms with E-state index in [1.165, 1.54) is 0 Å². The first-order valence-corrected chi connectivity index (χ1v) is 11.4. The second kappa shape index (κ2) is 9.23. The van der Waals surface area contributed by atoms with Gasteiger partial charge in [-0.2, -0.15) is 0 Å². The van der Waals surface area contributed by atoms with Crippen LogP contribution in [0.5, 0.6) is 11.5 Å². The molecule has 2 aromatic carbocycles. The lowest BCUT2D eigenvalue weighted by Gasteiger charge is -2.49. The predicted octanol–water partition coefficient (Wildman–Crippen LogP) is 2.69. The van der Waals surface area contributed by atoms with Gasteiger partial charge in [0.15, 0.2) is 0 Å². The highest BCUT2D eigenvalue weighted by atomic mass is 16.5. The molecule has 2 bridgehead atoms. The second-order valence-corrected chi connectivity index (χ2v) is 8.95. The van der Waals surface area contributed by atoms with Crippen molar-refractivity contribution in [3.8, 4) is 22.8 Å². The summed E-state index contributed by atoms with van der Waals surface area (Å²) in [6.07, 6.45) is 3.96. The maximum absolute atomic E-state index is 13.0. The Morgan fingerprint density at radius 2 is 2.12 bits per heavy atom. The molecule has 0 aliphatic carbocycles. The SMILES string of the molecule is COc1ccccc1CNC(=O)[C@H]1CN2CC[C@H]1C[C@@H]2Cn1cc(-c2cccc(O)c2)nn1. The van der Waals surface area contributed by atoms with Crippen molar-refractivity contribution in [2.45, 2.75) is 32.0 Å². The first-order valence-electron chi connectivity index (χ1n) is 11.4. The van der Waals surface area contributed by atoms with Crippen LogP contribution in [0, 0.1) is 11.8 Å². The lowest BCUT2D eigenvalue weighted by atomic mass is 9.75. The number of phenols is 1. The van der Waals surface area contributed by atoms with Gasteiger partial charge in [-0.3, -0.25) is 14.4 Å². The molecule has 0 spiro atoms. The molecule has 1 amide bonds. The lowest BCUT2D eigenvalue weighted by molar-refractivity contribution is -0.133. The van der Waals surface area contributed by atoms with Crippen LogP contribution in [0.25, 0.3) is 11.3 Å². The molecule has 8 heteroatoms. The average molecular weight is 448 g/mol. The maximum atomic E-state index is 13.0. The van der Waals surface area contributed by atoms with Gasteiger partial charge in [0.1, 0.15) is 17.2 Å². The van der Waals surface area contributed by atoms with Gasteiger partial charge in [-0.1, -0.05) is 35.5 Å². The van der Waals surface area contributed by atoms with Gasteiger partial charge in [0.25, 0.3) is 0 Å². The minimum absolute atomic E-state index is 0.0170. The van der Waals surface area contributed by atoms with Crippen molar-refractivity contribution < 1.29 is 14.6 Å². The number of piperidine rings is 3. The molecule has 6 rings (SSSR count). The standard InChI is InChI=1S/C25H29N5O3/c1-33-24-8-3-2-5-19(24)13-26-25(32)22-15-29-10-9-17(22)11-20(29)14-30-16-23(27-28-30)18-6-4-7-21(31)12-18/h2-8,12,16-17,20,22,31H,9-11,13-15H2,1H3,(H,26,32)/t17-,20+,22-/m0/s1. The molecular weight excluding hydrogens is 418 g/mol. The number of nitrogens with zero attached hydrogens (tertiary/aromatic N) is 4. The fourth-order valence-electron chi connectivity index (χ4n) is 5.19. The molecule has 2 N–H and O–H groups in total. The van der Waals surface area contributed by atoms with Crippen molar-refractivity contribution in [3.63, 3.8) is 0 Å². The van der Waals surface area contributed by atoms with E-state index in [0.29, 0.717) is 18.5 Å². The van der Waals surface area contributed by atoms with Crippen LogP contribution in [0.3, 0.4) is 0 Å². The van der Waals surface area contributed by atoms with Gasteiger partial charge in [-0.15, -0.1) is 5.10 Å². The fourth-order valence-corrected chi connectivity index (χ4v) is 5.19. The number of aromatic nitrogens is 3. The van der Waals surface area contributed by atoms with Crippen molar-refractivity contribution in [2.75, 3.05) is 20.2 Å². The van der Waals surface area contributed by atoms with Gasteiger partial charge < -0.3 is 15.2 Å². The average Bonchev–Trinajstić information content (AvgIpc) is 3.31. The van der Waals surface area contributed by atoms with Crippen molar-refractivity contribution in [1.82, 2.24) is 25.2 Å². The summed E-state index contributed by atoms with van der Waals surface area (Å²) in [6.45, 7) is 3.02. The van der Waals surface area contributed by atoms with Gasteiger partial charge in [0.2, 0.25) is 5.91 Å². The highest BCUT2D eigenvalue weighted by Gasteiger charge is 2.43. The molecule has 3 fully saturated rings. The fraction of sp³-hybridized carbons (Fsp3) is 0.400. The van der Waals surface area contributed by atoms with E-state index in [1.54, 1.807) is 25.3 Å². The molecule has 4 heterocycles. The topological polar surface area (TPSA) is 92.5 Å². The first kappa shape index (κ1) is 21.5. The van der Waals surface area contributed by atoms with E-state index < -0.39 is 0 Å². The molecule has 0 saturated carbocycles. The van der Waals surface area contributed by atoms with E-state index in [4.69, 9.17) is 4.74 Å². The second-order valence-electron chi connectivity index (χ2n) is 8.95. The Morgan fingerprint density at radius 3 is 2.91 bits per heavy atom. The summed E-state index contributed by atoms with van der Waals surface area (Å²) < 4.78 is 7.27. The zero-order valence-electron chi connectivity index (χ0n) is 18.7. The van der Waals surface area contributed by atoms with E-state index in [9.17, 15) is 9.90 Å². The highest BCUT2D eigenvalue weighted by Crippen LogP contribution is 2.37. The summed E-state index contributed by atoms with van der Waals surface area (Å²) in [5.74, 6) is 1.54. The summed E-state index contributed by atoms with van der Waals surface area (Å²) in [5, 5.41) is 21.4. The van der Waals surface area contributed by atoms with Crippen molar-refractivity contribution in [2.24, 2.45) is 11.8 Å². The maximum Gasteiger partial charge on any atom is 0.224 e. The Kier molecular flexibility index (Phi) is 6.00. The molecule has 33 heavy (non-hydrogen) atoms. The molecule has 1 unspecified atom stereocenters. The Labute approximate surface area is 193 Å². The summed E-state index contributed by atoms with van der Waals surface area (Å²) in [4.78, 5) is 15.4. The molecule has 0 radical (unpaired) electrons. The van der Waals surface area contributed by atoms with Crippen LogP contribution in [0.15, 0.2) is 54.7 Å². The van der Waals surface area contributed by atoms with Crippen LogP contribution in [0.2, 0.25) is 0 Å². The van der Waals surface area contributed by atoms with Crippen molar-refractivity contribution >= 4 is 5.91 Å². The van der Waals surface area contributed by atoms with E-state index in [2.05, 4.69) is 20.5 Å². The quantitative estimate of drug-likeness (QED) is 0.579. The summed E-state index contributed by atoms with van der Waals surface area (Å²) in [5.41, 5.74) is 2.58. The number of ether oxygens (including phenoxy) is 1. The number of hydrogen-bond donors (Lipinski definition) is 2. The highest BCUT2D eigenvalue weighted by molar-refractivity contribution is 5.79. The van der Waals surface area contributed by atoms with Crippen LogP contribution >= 0.6 is 0 Å². The van der Waals surface area contributed by atoms with Crippen LogP contribution in [0.1, 0.15) is 18.4 Å². The van der Waals surface area contributed by atoms with Crippen molar-refractivity contribution in [3.05, 3.63) is 60.3 Å². The number of carbonyl (C=O) groups excluding carboxylic acids is 1. The number of amides is 1. The molecule has 8 nitrogen and oxygen atoms in total. The van der Waals surface area contributed by atoms with Gasteiger partial charge >= 0.3 is 0 Å². The van der Waals surface area contributed by atoms with Gasteiger partial charge in [-0.05, 0) is 43.5 Å². The summed E-state index contributed by atoms with van der Waals surface area (Å²) in [6, 6.07) is 15.2. The Morgan fingerprint density at radius 1 is 1.24 bits per heavy atom. The number of fused-ring (bicyclic) bond motifs is 3. The largest absolute Gasteiger partial charge is 0.508 e. The number of nitrogens with one attached hydrogen (secondary N) is 1. The molecule has 4 atom stereocenters. The minimum Gasteiger partial charge on any atom is -0.508 e. The van der Waals surface area contributed by atoms with Crippen molar-refractivity contribution in [1.29, 1.82) is 0 Å². The first-order chi connectivity index (χ1) is 16.1. The van der Waals surface area contributed by atoms with Gasteiger partial charge in [0, 0.05) is 30.3 Å². The van der Waals surface area contributed by atoms with E-state index in [0.717, 1.165) is 55.0 Å². The van der Waals surface area contributed by atoms with Crippen LogP contribution in [0.4, 0.5) is 0 Å². The number of hydrogen-bond acceptors (Lipinski definition) is 6. The third kappa shape index (κ3) is 4.57. The molecule has 172 valence electrons. The predicted molar refractivity (Wildman–Crippen MR) is 124 cm³/mol. The number of methoxy groups -OCH3 is 1. The molecule has 3 saturated heterocycles. The van der Waals surface area contributed by atoms with Crippen LogP contribution in [-0.4, -0.2) is 57.1 Å². The molecule has 3 aliphatic rings. The van der Waals surface area contributed by atoms with Crippen LogP contribution in [-0.2, 0) is 17.9 Å². The molecular formula is C25H29N5O3. The van der Waals surface area contributed by atoms with E-state index >= 15 is 0 Å². The monoisotopic (exact) mass is 447 g/mol. The Bertz CT molecular complexity index is 1130. The zero-order valence-corrected chi connectivity index (χ0v) is 18.7. The summed E-state index contributed by atoms with van der Waals surface area (Å²) in [7, 11) is 1.65. The zero-order chi connectivity index (χ0) is 22.8. The van der Waals surface area contributed by atoms with Gasteiger partial charge in [-0.25, -0.2) is 0 Å². The minimum atomic E-state index is 0.0170. The Hall–Kier alpha value is -3.39. The normalized spacial score (nSPS) is 23.9. The number of phenolic OH excluding ortho intramolecular Hbond substituents is 1. The third-order valence-corrected chi connectivity index (χ3v) is 6.94. The van der Waals surface area contributed by atoms with Gasteiger partial charge in [0.05, 0.1) is 25.8 Å². The molecule has 3 aliphatic heterocycles. The number of aromatic hydroxyl groups is 1. The van der Waals surface area contributed by atoms with E-state index in [1.807, 2.05) is 41.2 Å².